The highest BCUT2D eigenvalue weighted by Crippen LogP contribution is 2.29. The van der Waals surface area contributed by atoms with Gasteiger partial charge in [0, 0.05) is 35.8 Å². The maximum Gasteiger partial charge on any atom is 0.259 e. The number of fused-ring (bicyclic) bond motifs is 1. The molecule has 0 atom stereocenters. The van der Waals surface area contributed by atoms with Gasteiger partial charge in [0.2, 0.25) is 5.78 Å². The number of sulfonamides is 1. The summed E-state index contributed by atoms with van der Waals surface area (Å²) in [6, 6.07) is 4.94. The number of rotatable bonds is 5. The number of ketones is 1. The van der Waals surface area contributed by atoms with Crippen LogP contribution in [0.5, 0.6) is 0 Å². The van der Waals surface area contributed by atoms with Crippen molar-refractivity contribution in [3.63, 3.8) is 0 Å². The number of aliphatic imine (C=N–C) groups is 1. The maximum atomic E-state index is 15.1. The van der Waals surface area contributed by atoms with Gasteiger partial charge in [-0.05, 0) is 31.0 Å². The first-order valence-corrected chi connectivity index (χ1v) is 10.4. The van der Waals surface area contributed by atoms with Crippen molar-refractivity contribution < 1.29 is 22.0 Å². The van der Waals surface area contributed by atoms with Crippen LogP contribution in [0.1, 0.15) is 34.3 Å². The van der Waals surface area contributed by atoms with E-state index in [9.17, 15) is 17.6 Å². The summed E-state index contributed by atoms with van der Waals surface area (Å²) in [6.45, 7) is 0. The molecule has 31 heavy (non-hydrogen) atoms. The van der Waals surface area contributed by atoms with Gasteiger partial charge in [0.15, 0.2) is 5.82 Å². The van der Waals surface area contributed by atoms with Crippen molar-refractivity contribution >= 4 is 38.7 Å². The lowest BCUT2D eigenvalue weighted by Gasteiger charge is -2.14. The van der Waals surface area contributed by atoms with Gasteiger partial charge < -0.3 is 4.98 Å². The summed E-state index contributed by atoms with van der Waals surface area (Å²) < 4.78 is 56.6. The number of allylic oxidation sites excluding steroid dienone is 1. The molecule has 0 radical (unpaired) electrons. The van der Waals surface area contributed by atoms with Gasteiger partial charge >= 0.3 is 0 Å². The average molecular weight is 441 g/mol. The number of pyridine rings is 1. The molecular weight excluding hydrogens is 428 g/mol. The molecule has 2 aromatic heterocycles. The molecule has 2 N–H and O–H groups in total. The first-order chi connectivity index (χ1) is 14.8. The van der Waals surface area contributed by atoms with Crippen LogP contribution in [0.15, 0.2) is 46.7 Å². The van der Waals surface area contributed by atoms with Crippen molar-refractivity contribution in [2.45, 2.75) is 12.8 Å². The zero-order chi connectivity index (χ0) is 22.2. The van der Waals surface area contributed by atoms with Crippen molar-refractivity contribution in [2.75, 3.05) is 4.72 Å². The molecule has 1 aliphatic rings. The van der Waals surface area contributed by atoms with Crippen LogP contribution in [-0.2, 0) is 10.0 Å². The SMILES string of the molecule is N#Cc1cnc2[nH]cc(C(=O)c3c(F)ccc(NS(=O)(=O)C4=CN=CCC4)c3F)c2c1. The topological polar surface area (TPSA) is 128 Å². The van der Waals surface area contributed by atoms with Gasteiger partial charge in [-0.15, -0.1) is 0 Å². The molecule has 0 fully saturated rings. The van der Waals surface area contributed by atoms with Crippen LogP contribution in [0.4, 0.5) is 14.5 Å². The number of aromatic amines is 1. The first-order valence-electron chi connectivity index (χ1n) is 8.95. The highest BCUT2D eigenvalue weighted by atomic mass is 32.2. The summed E-state index contributed by atoms with van der Waals surface area (Å²) in [6.07, 6.45) is 5.78. The molecule has 0 unspecified atom stereocenters. The van der Waals surface area contributed by atoms with Crippen molar-refractivity contribution in [3.8, 4) is 6.07 Å². The molecule has 0 bridgehead atoms. The highest BCUT2D eigenvalue weighted by Gasteiger charge is 2.27. The summed E-state index contributed by atoms with van der Waals surface area (Å²) in [5.74, 6) is -3.54. The van der Waals surface area contributed by atoms with Gasteiger partial charge in [-0.25, -0.2) is 22.2 Å². The summed E-state index contributed by atoms with van der Waals surface area (Å²) in [4.78, 5) is 23.4. The van der Waals surface area contributed by atoms with Gasteiger partial charge in [0.05, 0.1) is 21.7 Å². The second kappa shape index (κ2) is 7.73. The number of carbonyl (C=O) groups excluding carboxylic acids is 1. The Labute approximate surface area is 175 Å². The van der Waals surface area contributed by atoms with Crippen molar-refractivity contribution in [1.29, 1.82) is 5.26 Å². The second-order valence-electron chi connectivity index (χ2n) is 6.62. The summed E-state index contributed by atoms with van der Waals surface area (Å²) in [7, 11) is -4.14. The largest absolute Gasteiger partial charge is 0.345 e. The fraction of sp³-hybridized carbons (Fsp3) is 0.100. The zero-order valence-electron chi connectivity index (χ0n) is 15.7. The standard InChI is InChI=1S/C20H13F2N5O3S/c21-15-3-4-16(27-31(29,30)12-2-1-5-24-9-12)18(22)17(15)19(28)14-10-26-20-13(14)6-11(7-23)8-25-20/h3-6,8-10,27H,1-2H2,(H,25,26). The number of anilines is 1. The zero-order valence-corrected chi connectivity index (χ0v) is 16.5. The Morgan fingerprint density at radius 2 is 2.10 bits per heavy atom. The molecule has 0 spiro atoms. The van der Waals surface area contributed by atoms with E-state index in [1.54, 1.807) is 6.21 Å². The Balaban J connectivity index is 1.76. The monoisotopic (exact) mass is 441 g/mol. The van der Waals surface area contributed by atoms with Gasteiger partial charge in [-0.3, -0.25) is 14.5 Å². The molecule has 0 saturated heterocycles. The normalized spacial score (nSPS) is 13.6. The van der Waals surface area contributed by atoms with Crippen LogP contribution < -0.4 is 4.72 Å². The Morgan fingerprint density at radius 3 is 2.81 bits per heavy atom. The van der Waals surface area contributed by atoms with E-state index < -0.39 is 38.7 Å². The lowest BCUT2D eigenvalue weighted by Crippen LogP contribution is -2.18. The van der Waals surface area contributed by atoms with E-state index in [4.69, 9.17) is 5.26 Å². The number of nitrogens with one attached hydrogen (secondary N) is 2. The number of hydrogen-bond donors (Lipinski definition) is 2. The minimum Gasteiger partial charge on any atom is -0.345 e. The Kier molecular flexibility index (Phi) is 5.08. The molecule has 11 heteroatoms. The van der Waals surface area contributed by atoms with E-state index in [0.29, 0.717) is 6.42 Å². The number of H-pyrrole nitrogens is 1. The van der Waals surface area contributed by atoms with E-state index in [1.807, 2.05) is 6.07 Å². The molecule has 0 amide bonds. The fourth-order valence-corrected chi connectivity index (χ4v) is 4.29. The van der Waals surface area contributed by atoms with Crippen molar-refractivity contribution in [3.05, 3.63) is 70.0 Å². The minimum absolute atomic E-state index is 0.0571. The summed E-state index contributed by atoms with van der Waals surface area (Å²) in [5.41, 5.74) is -1.20. The maximum absolute atomic E-state index is 15.1. The van der Waals surface area contributed by atoms with Crippen LogP contribution in [-0.4, -0.2) is 30.4 Å². The van der Waals surface area contributed by atoms with Gasteiger partial charge in [-0.2, -0.15) is 5.26 Å². The minimum atomic E-state index is -4.14. The van der Waals surface area contributed by atoms with Gasteiger partial charge in [0.1, 0.15) is 17.5 Å². The molecule has 1 aromatic carbocycles. The number of nitriles is 1. The van der Waals surface area contributed by atoms with Crippen LogP contribution in [0.25, 0.3) is 11.0 Å². The number of nitrogens with zero attached hydrogens (tertiary/aromatic N) is 3. The number of carbonyl (C=O) groups is 1. The molecule has 156 valence electrons. The number of hydrogen-bond acceptors (Lipinski definition) is 6. The number of aromatic nitrogens is 2. The summed E-state index contributed by atoms with van der Waals surface area (Å²) >= 11 is 0. The van der Waals surface area contributed by atoms with Crippen LogP contribution in [0, 0.1) is 23.0 Å². The molecule has 8 nitrogen and oxygen atoms in total. The predicted molar refractivity (Wildman–Crippen MR) is 109 cm³/mol. The highest BCUT2D eigenvalue weighted by molar-refractivity contribution is 7.96. The molecule has 4 rings (SSSR count). The Bertz CT molecular complexity index is 1440. The van der Waals surface area contributed by atoms with E-state index in [2.05, 4.69) is 19.7 Å². The lowest BCUT2D eigenvalue weighted by molar-refractivity contribution is 0.103. The van der Waals surface area contributed by atoms with E-state index in [-0.39, 0.29) is 33.5 Å². The van der Waals surface area contributed by atoms with Crippen LogP contribution in [0.3, 0.4) is 0 Å². The quantitative estimate of drug-likeness (QED) is 0.587. The van der Waals surface area contributed by atoms with Gasteiger partial charge in [0.25, 0.3) is 10.0 Å². The second-order valence-corrected chi connectivity index (χ2v) is 8.35. The van der Waals surface area contributed by atoms with E-state index in [1.165, 1.54) is 18.5 Å². The number of halogens is 2. The molecule has 1 aliphatic heterocycles. The third-order valence-electron chi connectivity index (χ3n) is 4.66. The average Bonchev–Trinajstić information content (AvgIpc) is 3.19. The van der Waals surface area contributed by atoms with E-state index >= 15 is 4.39 Å². The Morgan fingerprint density at radius 1 is 1.29 bits per heavy atom. The van der Waals surface area contributed by atoms with Crippen molar-refractivity contribution in [1.82, 2.24) is 9.97 Å². The van der Waals surface area contributed by atoms with Crippen molar-refractivity contribution in [2.24, 2.45) is 4.99 Å². The fourth-order valence-electron chi connectivity index (χ4n) is 3.12. The summed E-state index contributed by atoms with van der Waals surface area (Å²) in [5, 5.41) is 9.25. The first kappa shape index (κ1) is 20.4. The predicted octanol–water partition coefficient (Wildman–Crippen LogP) is 3.39. The molecule has 0 saturated carbocycles. The molecule has 3 heterocycles. The van der Waals surface area contributed by atoms with Crippen LogP contribution >= 0.6 is 0 Å². The number of benzene rings is 1. The Hall–Kier alpha value is -3.91. The van der Waals surface area contributed by atoms with E-state index in [0.717, 1.165) is 18.3 Å². The third kappa shape index (κ3) is 3.69. The third-order valence-corrected chi connectivity index (χ3v) is 6.14. The molecule has 3 aromatic rings. The molecular formula is C20H13F2N5O3S. The van der Waals surface area contributed by atoms with Crippen LogP contribution in [0.2, 0.25) is 0 Å². The lowest BCUT2D eigenvalue weighted by atomic mass is 10.0. The molecule has 0 aliphatic carbocycles. The van der Waals surface area contributed by atoms with Gasteiger partial charge in [-0.1, -0.05) is 0 Å². The smallest absolute Gasteiger partial charge is 0.259 e.